The molecule has 18 heavy (non-hydrogen) atoms. The number of rotatable bonds is 7. The van der Waals surface area contributed by atoms with E-state index < -0.39 is 10.8 Å². The number of nitrogens with two attached hydrogens (primary N) is 1. The molecule has 1 rings (SSSR count). The Morgan fingerprint density at radius 3 is 2.50 bits per heavy atom. The number of ether oxygens (including phenoxy) is 2. The Bertz CT molecular complexity index is 409. The van der Waals surface area contributed by atoms with Gasteiger partial charge in [-0.15, -0.1) is 0 Å². The van der Waals surface area contributed by atoms with E-state index in [9.17, 15) is 4.21 Å². The first-order valence-corrected chi connectivity index (χ1v) is 7.28. The van der Waals surface area contributed by atoms with Gasteiger partial charge < -0.3 is 15.2 Å². The second-order valence-corrected chi connectivity index (χ2v) is 5.96. The van der Waals surface area contributed by atoms with E-state index in [1.165, 1.54) is 0 Å². The second kappa shape index (κ2) is 7.38. The maximum Gasteiger partial charge on any atom is 0.161 e. The van der Waals surface area contributed by atoms with E-state index in [0.717, 1.165) is 12.0 Å². The van der Waals surface area contributed by atoms with Gasteiger partial charge in [-0.05, 0) is 30.7 Å². The first-order chi connectivity index (χ1) is 8.62. The Kier molecular flexibility index (Phi) is 6.15. The number of hydrogen-bond acceptors (Lipinski definition) is 4. The summed E-state index contributed by atoms with van der Waals surface area (Å²) in [6.45, 7) is 2.53. The van der Waals surface area contributed by atoms with Crippen LogP contribution in [-0.2, 0) is 16.6 Å². The lowest BCUT2D eigenvalue weighted by Crippen LogP contribution is -2.17. The standard InChI is InChI=1S/C13H21NO3S/c1-10(6-7-14)18(15)9-11-4-5-12(16-2)13(8-11)17-3/h4-5,8,10H,6-7,9,14H2,1-3H3. The molecule has 0 aliphatic carbocycles. The van der Waals surface area contributed by atoms with Crippen molar-refractivity contribution in [3.63, 3.8) is 0 Å². The summed E-state index contributed by atoms with van der Waals surface area (Å²) in [5, 5.41) is 0.114. The Hall–Kier alpha value is -1.07. The summed E-state index contributed by atoms with van der Waals surface area (Å²) in [6, 6.07) is 5.61. The largest absolute Gasteiger partial charge is 0.493 e. The molecule has 4 nitrogen and oxygen atoms in total. The zero-order valence-corrected chi connectivity index (χ0v) is 12.0. The van der Waals surface area contributed by atoms with Crippen molar-refractivity contribution in [3.05, 3.63) is 23.8 Å². The van der Waals surface area contributed by atoms with Crippen molar-refractivity contribution in [3.8, 4) is 11.5 Å². The van der Waals surface area contributed by atoms with Crippen molar-refractivity contribution < 1.29 is 13.7 Å². The molecule has 1 aromatic rings. The van der Waals surface area contributed by atoms with E-state index in [4.69, 9.17) is 15.2 Å². The predicted octanol–water partition coefficient (Wildman–Crippen LogP) is 1.69. The predicted molar refractivity (Wildman–Crippen MR) is 74.5 cm³/mol. The summed E-state index contributed by atoms with van der Waals surface area (Å²) in [7, 11) is 2.28. The van der Waals surface area contributed by atoms with Crippen LogP contribution in [0.3, 0.4) is 0 Å². The molecular weight excluding hydrogens is 250 g/mol. The molecular formula is C13H21NO3S. The van der Waals surface area contributed by atoms with Crippen molar-refractivity contribution in [1.82, 2.24) is 0 Å². The van der Waals surface area contributed by atoms with Gasteiger partial charge in [-0.1, -0.05) is 13.0 Å². The van der Waals surface area contributed by atoms with Crippen molar-refractivity contribution in [1.29, 1.82) is 0 Å². The fraction of sp³-hybridized carbons (Fsp3) is 0.538. The molecule has 0 fully saturated rings. The van der Waals surface area contributed by atoms with Crippen LogP contribution in [0.25, 0.3) is 0 Å². The zero-order valence-electron chi connectivity index (χ0n) is 11.1. The molecule has 0 bridgehead atoms. The van der Waals surface area contributed by atoms with Gasteiger partial charge in [-0.2, -0.15) is 0 Å². The van der Waals surface area contributed by atoms with E-state index >= 15 is 0 Å². The molecule has 0 heterocycles. The van der Waals surface area contributed by atoms with E-state index in [-0.39, 0.29) is 5.25 Å². The summed E-state index contributed by atoms with van der Waals surface area (Å²) < 4.78 is 22.4. The highest BCUT2D eigenvalue weighted by atomic mass is 32.2. The molecule has 0 radical (unpaired) electrons. The highest BCUT2D eigenvalue weighted by molar-refractivity contribution is 7.84. The van der Waals surface area contributed by atoms with Crippen LogP contribution < -0.4 is 15.2 Å². The SMILES string of the molecule is COc1ccc(CS(=O)C(C)CCN)cc1OC. The smallest absolute Gasteiger partial charge is 0.161 e. The summed E-state index contributed by atoms with van der Waals surface area (Å²) >= 11 is 0. The average molecular weight is 271 g/mol. The van der Waals surface area contributed by atoms with E-state index in [0.29, 0.717) is 23.8 Å². The minimum atomic E-state index is -0.911. The first-order valence-electron chi connectivity index (χ1n) is 5.90. The lowest BCUT2D eigenvalue weighted by atomic mass is 10.2. The number of methoxy groups -OCH3 is 2. The van der Waals surface area contributed by atoms with Gasteiger partial charge in [0.15, 0.2) is 11.5 Å². The molecule has 2 atom stereocenters. The van der Waals surface area contributed by atoms with Crippen LogP contribution in [0.2, 0.25) is 0 Å². The highest BCUT2D eigenvalue weighted by Gasteiger charge is 2.12. The summed E-state index contributed by atoms with van der Waals surface area (Å²) in [6.07, 6.45) is 0.778. The topological polar surface area (TPSA) is 61.5 Å². The van der Waals surface area contributed by atoms with Gasteiger partial charge in [0.05, 0.1) is 14.2 Å². The lowest BCUT2D eigenvalue weighted by Gasteiger charge is -2.12. The fourth-order valence-electron chi connectivity index (χ4n) is 1.64. The van der Waals surface area contributed by atoms with Crippen molar-refractivity contribution in [2.45, 2.75) is 24.3 Å². The van der Waals surface area contributed by atoms with Gasteiger partial charge in [-0.25, -0.2) is 0 Å². The van der Waals surface area contributed by atoms with Crippen LogP contribution in [0, 0.1) is 0 Å². The monoisotopic (exact) mass is 271 g/mol. The molecule has 5 heteroatoms. The molecule has 0 aromatic heterocycles. The quantitative estimate of drug-likeness (QED) is 0.820. The second-order valence-electron chi connectivity index (χ2n) is 4.10. The average Bonchev–Trinajstić information content (AvgIpc) is 2.38. The van der Waals surface area contributed by atoms with Gasteiger partial charge in [-0.3, -0.25) is 4.21 Å². The molecule has 0 aliphatic rings. The van der Waals surface area contributed by atoms with Crippen LogP contribution in [0.15, 0.2) is 18.2 Å². The molecule has 0 amide bonds. The van der Waals surface area contributed by atoms with Crippen LogP contribution in [-0.4, -0.2) is 30.2 Å². The third kappa shape index (κ3) is 3.99. The van der Waals surface area contributed by atoms with Gasteiger partial charge in [0.25, 0.3) is 0 Å². The molecule has 0 saturated heterocycles. The van der Waals surface area contributed by atoms with Gasteiger partial charge in [0.2, 0.25) is 0 Å². The first kappa shape index (κ1) is 15.0. The van der Waals surface area contributed by atoms with E-state index in [1.807, 2.05) is 25.1 Å². The molecule has 2 unspecified atom stereocenters. The van der Waals surface area contributed by atoms with E-state index in [1.54, 1.807) is 14.2 Å². The third-order valence-electron chi connectivity index (χ3n) is 2.78. The van der Waals surface area contributed by atoms with Crippen LogP contribution >= 0.6 is 0 Å². The molecule has 0 spiro atoms. The third-order valence-corrected chi connectivity index (χ3v) is 4.53. The fourth-order valence-corrected chi connectivity index (χ4v) is 2.83. The van der Waals surface area contributed by atoms with Crippen molar-refractivity contribution >= 4 is 10.8 Å². The van der Waals surface area contributed by atoms with Crippen molar-refractivity contribution in [2.75, 3.05) is 20.8 Å². The maximum absolute atomic E-state index is 12.0. The number of benzene rings is 1. The van der Waals surface area contributed by atoms with Gasteiger partial charge >= 0.3 is 0 Å². The van der Waals surface area contributed by atoms with Gasteiger partial charge in [0.1, 0.15) is 0 Å². The van der Waals surface area contributed by atoms with E-state index in [2.05, 4.69) is 0 Å². The lowest BCUT2D eigenvalue weighted by molar-refractivity contribution is 0.354. The molecule has 1 aromatic carbocycles. The molecule has 0 saturated carbocycles. The normalized spacial score (nSPS) is 14.0. The number of hydrogen-bond donors (Lipinski definition) is 1. The Labute approximate surface area is 111 Å². The summed E-state index contributed by atoms with van der Waals surface area (Å²) in [5.74, 6) is 1.86. The van der Waals surface area contributed by atoms with Crippen LogP contribution in [0.4, 0.5) is 0 Å². The minimum Gasteiger partial charge on any atom is -0.493 e. The van der Waals surface area contributed by atoms with Gasteiger partial charge in [0, 0.05) is 21.8 Å². The molecule has 2 N–H and O–H groups in total. The summed E-state index contributed by atoms with van der Waals surface area (Å²) in [5.41, 5.74) is 6.45. The Morgan fingerprint density at radius 2 is 1.94 bits per heavy atom. The highest BCUT2D eigenvalue weighted by Crippen LogP contribution is 2.28. The van der Waals surface area contributed by atoms with Crippen molar-refractivity contribution in [2.24, 2.45) is 5.73 Å². The maximum atomic E-state index is 12.0. The molecule has 0 aliphatic heterocycles. The van der Waals surface area contributed by atoms with Crippen LogP contribution in [0.5, 0.6) is 11.5 Å². The summed E-state index contributed by atoms with van der Waals surface area (Å²) in [4.78, 5) is 0. The zero-order chi connectivity index (χ0) is 13.5. The molecule has 102 valence electrons. The Balaban J connectivity index is 2.76. The van der Waals surface area contributed by atoms with Crippen LogP contribution in [0.1, 0.15) is 18.9 Å². The Morgan fingerprint density at radius 1 is 1.28 bits per heavy atom. The minimum absolute atomic E-state index is 0.114.